The number of nitrogens with one attached hydrogen (secondary N) is 1. The molecule has 0 fully saturated rings. The van der Waals surface area contributed by atoms with Gasteiger partial charge in [-0.25, -0.2) is 0 Å². The Hall–Kier alpha value is -3.12. The molecule has 0 radical (unpaired) electrons. The first-order chi connectivity index (χ1) is 13.0. The molecule has 1 amide bonds. The SMILES string of the molecule is CC(=O)NCc1ccc(S(=O)(=O)Oc2ccccc2-c2ccccc2)cc1. The van der Waals surface area contributed by atoms with E-state index in [1.54, 1.807) is 24.3 Å². The van der Waals surface area contributed by atoms with Crippen LogP contribution in [0.5, 0.6) is 5.75 Å². The average Bonchev–Trinajstić information content (AvgIpc) is 2.67. The van der Waals surface area contributed by atoms with Crippen LogP contribution in [0.1, 0.15) is 12.5 Å². The highest BCUT2D eigenvalue weighted by atomic mass is 32.2. The highest BCUT2D eigenvalue weighted by Gasteiger charge is 2.19. The van der Waals surface area contributed by atoms with E-state index < -0.39 is 10.1 Å². The smallest absolute Gasteiger partial charge is 0.339 e. The molecule has 1 N–H and O–H groups in total. The normalized spacial score (nSPS) is 11.0. The van der Waals surface area contributed by atoms with Crippen LogP contribution in [0.4, 0.5) is 0 Å². The predicted octanol–water partition coefficient (Wildman–Crippen LogP) is 3.76. The van der Waals surface area contributed by atoms with Crippen molar-refractivity contribution >= 4 is 16.0 Å². The fourth-order valence-corrected chi connectivity index (χ4v) is 3.51. The highest BCUT2D eigenvalue weighted by molar-refractivity contribution is 7.87. The molecule has 6 heteroatoms. The van der Waals surface area contributed by atoms with Crippen molar-refractivity contribution in [2.75, 3.05) is 0 Å². The maximum atomic E-state index is 12.7. The van der Waals surface area contributed by atoms with E-state index >= 15 is 0 Å². The second-order valence-corrected chi connectivity index (χ2v) is 7.50. The van der Waals surface area contributed by atoms with Crippen molar-refractivity contribution in [3.63, 3.8) is 0 Å². The Kier molecular flexibility index (Phi) is 5.57. The summed E-state index contributed by atoms with van der Waals surface area (Å²) in [5.74, 6) is 0.124. The number of amides is 1. The number of carbonyl (C=O) groups excluding carboxylic acids is 1. The largest absolute Gasteiger partial charge is 0.378 e. The van der Waals surface area contributed by atoms with Crippen LogP contribution in [0.15, 0.2) is 83.8 Å². The van der Waals surface area contributed by atoms with E-state index in [9.17, 15) is 13.2 Å². The van der Waals surface area contributed by atoms with Crippen LogP contribution < -0.4 is 9.50 Å². The van der Waals surface area contributed by atoms with Gasteiger partial charge in [0.15, 0.2) is 5.75 Å². The van der Waals surface area contributed by atoms with Gasteiger partial charge in [-0.15, -0.1) is 0 Å². The van der Waals surface area contributed by atoms with Crippen LogP contribution in [-0.4, -0.2) is 14.3 Å². The lowest BCUT2D eigenvalue weighted by Gasteiger charge is -2.12. The number of hydrogen-bond donors (Lipinski definition) is 1. The number of benzene rings is 3. The molecule has 0 unspecified atom stereocenters. The van der Waals surface area contributed by atoms with Crippen LogP contribution >= 0.6 is 0 Å². The van der Waals surface area contributed by atoms with Crippen molar-refractivity contribution in [2.24, 2.45) is 0 Å². The third-order valence-corrected chi connectivity index (χ3v) is 5.17. The van der Waals surface area contributed by atoms with Gasteiger partial charge in [0.25, 0.3) is 0 Å². The molecule has 27 heavy (non-hydrogen) atoms. The first-order valence-electron chi connectivity index (χ1n) is 8.38. The summed E-state index contributed by atoms with van der Waals surface area (Å²) in [6, 6.07) is 22.7. The maximum Gasteiger partial charge on any atom is 0.339 e. The van der Waals surface area contributed by atoms with Gasteiger partial charge in [0, 0.05) is 19.0 Å². The second-order valence-electron chi connectivity index (χ2n) is 5.95. The Morgan fingerprint density at radius 1 is 0.889 bits per heavy atom. The van der Waals surface area contributed by atoms with Gasteiger partial charge in [-0.1, -0.05) is 60.7 Å². The molecule has 0 saturated heterocycles. The summed E-state index contributed by atoms with van der Waals surface area (Å²) in [5, 5.41) is 2.67. The maximum absolute atomic E-state index is 12.7. The lowest BCUT2D eigenvalue weighted by Crippen LogP contribution is -2.19. The standard InChI is InChI=1S/C21H19NO4S/c1-16(23)22-15-17-11-13-19(14-12-17)27(24,25)26-21-10-6-5-9-20(21)18-7-3-2-4-8-18/h2-14H,15H2,1H3,(H,22,23). The van der Waals surface area contributed by atoms with Crippen LogP contribution in [0.2, 0.25) is 0 Å². The molecule has 3 aromatic rings. The fourth-order valence-electron chi connectivity index (χ4n) is 2.56. The van der Waals surface area contributed by atoms with Crippen molar-refractivity contribution in [3.05, 3.63) is 84.4 Å². The monoisotopic (exact) mass is 381 g/mol. The minimum atomic E-state index is -3.98. The summed E-state index contributed by atoms with van der Waals surface area (Å²) in [4.78, 5) is 11.0. The molecule has 0 aliphatic heterocycles. The van der Waals surface area contributed by atoms with E-state index in [-0.39, 0.29) is 16.6 Å². The summed E-state index contributed by atoms with van der Waals surface area (Å²) >= 11 is 0. The summed E-state index contributed by atoms with van der Waals surface area (Å²) in [7, 11) is -3.98. The Morgan fingerprint density at radius 3 is 2.19 bits per heavy atom. The summed E-state index contributed by atoms with van der Waals surface area (Å²) < 4.78 is 30.8. The zero-order chi connectivity index (χ0) is 19.3. The van der Waals surface area contributed by atoms with Crippen LogP contribution in [0.25, 0.3) is 11.1 Å². The molecule has 3 rings (SSSR count). The molecular weight excluding hydrogens is 362 g/mol. The lowest BCUT2D eigenvalue weighted by atomic mass is 10.1. The van der Waals surface area contributed by atoms with Gasteiger partial charge in [-0.3, -0.25) is 4.79 Å². The first-order valence-corrected chi connectivity index (χ1v) is 9.79. The zero-order valence-electron chi connectivity index (χ0n) is 14.8. The first kappa shape index (κ1) is 18.7. The van der Waals surface area contributed by atoms with Gasteiger partial charge in [0.2, 0.25) is 5.91 Å². The van der Waals surface area contributed by atoms with Gasteiger partial charge in [-0.05, 0) is 29.3 Å². The minimum Gasteiger partial charge on any atom is -0.378 e. The quantitative estimate of drug-likeness (QED) is 0.660. The third kappa shape index (κ3) is 4.74. The molecule has 0 aliphatic rings. The number of hydrogen-bond acceptors (Lipinski definition) is 4. The van der Waals surface area contributed by atoms with E-state index in [2.05, 4.69) is 5.32 Å². The zero-order valence-corrected chi connectivity index (χ0v) is 15.6. The molecule has 0 atom stereocenters. The molecule has 0 aliphatic carbocycles. The molecule has 0 bridgehead atoms. The Morgan fingerprint density at radius 2 is 1.52 bits per heavy atom. The molecule has 138 valence electrons. The van der Waals surface area contributed by atoms with Gasteiger partial charge in [-0.2, -0.15) is 8.42 Å². The van der Waals surface area contributed by atoms with Gasteiger partial charge >= 0.3 is 10.1 Å². The van der Waals surface area contributed by atoms with Crippen molar-refractivity contribution in [1.82, 2.24) is 5.32 Å². The highest BCUT2D eigenvalue weighted by Crippen LogP contribution is 2.31. The lowest BCUT2D eigenvalue weighted by molar-refractivity contribution is -0.119. The molecule has 0 saturated carbocycles. The van der Waals surface area contributed by atoms with E-state index in [0.717, 1.165) is 11.1 Å². The Labute approximate surface area is 158 Å². The van der Waals surface area contributed by atoms with Gasteiger partial charge in [0.05, 0.1) is 0 Å². The number of carbonyl (C=O) groups is 1. The topological polar surface area (TPSA) is 72.5 Å². The van der Waals surface area contributed by atoms with Crippen molar-refractivity contribution < 1.29 is 17.4 Å². The number of para-hydroxylation sites is 1. The van der Waals surface area contributed by atoms with Crippen LogP contribution in [0, 0.1) is 0 Å². The van der Waals surface area contributed by atoms with Crippen molar-refractivity contribution in [1.29, 1.82) is 0 Å². The minimum absolute atomic E-state index is 0.0527. The Balaban J connectivity index is 1.84. The summed E-state index contributed by atoms with van der Waals surface area (Å²) in [6.07, 6.45) is 0. The molecule has 0 aromatic heterocycles. The molecular formula is C21H19NO4S. The van der Waals surface area contributed by atoms with Gasteiger partial charge in [0.1, 0.15) is 4.90 Å². The summed E-state index contributed by atoms with van der Waals surface area (Å²) in [6.45, 7) is 1.77. The fraction of sp³-hybridized carbons (Fsp3) is 0.0952. The van der Waals surface area contributed by atoms with Crippen LogP contribution in [0.3, 0.4) is 0 Å². The summed E-state index contributed by atoms with van der Waals surface area (Å²) in [5.41, 5.74) is 2.37. The van der Waals surface area contributed by atoms with E-state index in [4.69, 9.17) is 4.18 Å². The second kappa shape index (κ2) is 8.05. The van der Waals surface area contributed by atoms with Crippen molar-refractivity contribution in [3.8, 4) is 16.9 Å². The molecule has 0 heterocycles. The van der Waals surface area contributed by atoms with E-state index in [1.807, 2.05) is 42.5 Å². The number of rotatable bonds is 6. The Bertz CT molecular complexity index is 1030. The van der Waals surface area contributed by atoms with Crippen LogP contribution in [-0.2, 0) is 21.5 Å². The average molecular weight is 381 g/mol. The van der Waals surface area contributed by atoms with E-state index in [0.29, 0.717) is 12.1 Å². The van der Waals surface area contributed by atoms with Crippen molar-refractivity contribution in [2.45, 2.75) is 18.4 Å². The third-order valence-electron chi connectivity index (χ3n) is 3.92. The predicted molar refractivity (Wildman–Crippen MR) is 104 cm³/mol. The molecule has 3 aromatic carbocycles. The molecule has 0 spiro atoms. The molecule has 5 nitrogen and oxygen atoms in total. The van der Waals surface area contributed by atoms with Gasteiger partial charge < -0.3 is 9.50 Å². The van der Waals surface area contributed by atoms with E-state index in [1.165, 1.54) is 19.1 Å².